The second-order valence-electron chi connectivity index (χ2n) is 4.80. The van der Waals surface area contributed by atoms with Crippen molar-refractivity contribution < 1.29 is 9.90 Å². The molecule has 110 valence electrons. The lowest BCUT2D eigenvalue weighted by atomic mass is 10.1. The van der Waals surface area contributed by atoms with Gasteiger partial charge in [-0.05, 0) is 25.0 Å². The maximum absolute atomic E-state index is 10.6. The molecule has 0 spiro atoms. The van der Waals surface area contributed by atoms with Crippen molar-refractivity contribution in [1.82, 2.24) is 9.97 Å². The molecule has 3 heterocycles. The highest BCUT2D eigenvalue weighted by atomic mass is 32.1. The minimum Gasteiger partial charge on any atom is -0.465 e. The highest BCUT2D eigenvalue weighted by Crippen LogP contribution is 2.36. The molecule has 0 aliphatic carbocycles. The minimum atomic E-state index is -1.10. The lowest BCUT2D eigenvalue weighted by Crippen LogP contribution is -2.23. The topological polar surface area (TPSA) is 104 Å². The second kappa shape index (κ2) is 5.57. The van der Waals surface area contributed by atoms with Gasteiger partial charge in [-0.25, -0.2) is 14.8 Å². The number of thiazole rings is 1. The number of carbonyl (C=O) groups is 1. The van der Waals surface area contributed by atoms with Crippen LogP contribution in [0.2, 0.25) is 0 Å². The molecule has 1 fully saturated rings. The van der Waals surface area contributed by atoms with Crippen LogP contribution >= 0.6 is 11.3 Å². The normalized spacial score (nSPS) is 17.9. The van der Waals surface area contributed by atoms with Gasteiger partial charge in [-0.15, -0.1) is 11.3 Å². The molecule has 2 aromatic heterocycles. The predicted octanol–water partition coefficient (Wildman–Crippen LogP) is 2.55. The van der Waals surface area contributed by atoms with Gasteiger partial charge in [0.05, 0.1) is 23.6 Å². The number of anilines is 3. The van der Waals surface area contributed by atoms with Crippen molar-refractivity contribution in [3.05, 3.63) is 29.4 Å². The Morgan fingerprint density at radius 3 is 3.00 bits per heavy atom. The molecule has 1 atom stereocenters. The summed E-state index contributed by atoms with van der Waals surface area (Å²) in [5.74, 6) is 0.819. The summed E-state index contributed by atoms with van der Waals surface area (Å²) in [6, 6.07) is 3.71. The first-order chi connectivity index (χ1) is 10.1. The molecule has 1 saturated heterocycles. The number of nitrogen functional groups attached to an aromatic ring is 1. The van der Waals surface area contributed by atoms with Gasteiger partial charge in [-0.3, -0.25) is 5.32 Å². The second-order valence-corrected chi connectivity index (χ2v) is 5.69. The first-order valence-corrected chi connectivity index (χ1v) is 7.45. The molecule has 8 heteroatoms. The summed E-state index contributed by atoms with van der Waals surface area (Å²) >= 11 is 1.44. The summed E-state index contributed by atoms with van der Waals surface area (Å²) < 4.78 is 0. The van der Waals surface area contributed by atoms with Gasteiger partial charge in [-0.1, -0.05) is 0 Å². The molecular formula is C13H15N5O2S. The first kappa shape index (κ1) is 13.6. The van der Waals surface area contributed by atoms with Crippen LogP contribution in [0.15, 0.2) is 23.7 Å². The van der Waals surface area contributed by atoms with E-state index >= 15 is 0 Å². The van der Waals surface area contributed by atoms with Crippen LogP contribution in [-0.4, -0.2) is 27.7 Å². The van der Waals surface area contributed by atoms with Crippen molar-refractivity contribution in [3.63, 3.8) is 0 Å². The quantitative estimate of drug-likeness (QED) is 0.805. The highest BCUT2D eigenvalue weighted by Gasteiger charge is 2.28. The lowest BCUT2D eigenvalue weighted by molar-refractivity contribution is 0.209. The number of aromatic nitrogens is 2. The van der Waals surface area contributed by atoms with E-state index in [9.17, 15) is 4.79 Å². The van der Waals surface area contributed by atoms with Crippen LogP contribution < -0.4 is 16.0 Å². The molecule has 2 aromatic rings. The van der Waals surface area contributed by atoms with Crippen molar-refractivity contribution in [3.8, 4) is 0 Å². The van der Waals surface area contributed by atoms with Crippen LogP contribution in [-0.2, 0) is 0 Å². The fraction of sp³-hybridized carbons (Fsp3) is 0.308. The third kappa shape index (κ3) is 2.89. The summed E-state index contributed by atoms with van der Waals surface area (Å²) in [6.07, 6.45) is 2.51. The van der Waals surface area contributed by atoms with Gasteiger partial charge in [0.25, 0.3) is 0 Å². The number of rotatable bonds is 3. The number of hydrogen-bond donors (Lipinski definition) is 3. The number of hydrogen-bond acceptors (Lipinski definition) is 6. The Hall–Kier alpha value is -2.35. The average molecular weight is 305 g/mol. The van der Waals surface area contributed by atoms with E-state index in [2.05, 4.69) is 20.2 Å². The third-order valence-electron chi connectivity index (χ3n) is 3.43. The van der Waals surface area contributed by atoms with Crippen molar-refractivity contribution in [2.75, 3.05) is 22.5 Å². The van der Waals surface area contributed by atoms with Crippen LogP contribution in [0.5, 0.6) is 0 Å². The van der Waals surface area contributed by atoms with E-state index in [1.165, 1.54) is 17.5 Å². The maximum Gasteiger partial charge on any atom is 0.409 e. The van der Waals surface area contributed by atoms with Gasteiger partial charge in [0.15, 0.2) is 5.13 Å². The molecule has 0 bridgehead atoms. The number of nitrogens with two attached hydrogens (primary N) is 1. The van der Waals surface area contributed by atoms with E-state index in [1.54, 1.807) is 6.07 Å². The molecule has 21 heavy (non-hydrogen) atoms. The number of amides is 1. The van der Waals surface area contributed by atoms with Crippen molar-refractivity contribution in [2.45, 2.75) is 18.9 Å². The summed E-state index contributed by atoms with van der Waals surface area (Å²) in [4.78, 5) is 21.5. The Balaban J connectivity index is 1.80. The van der Waals surface area contributed by atoms with Gasteiger partial charge >= 0.3 is 6.09 Å². The average Bonchev–Trinajstić information content (AvgIpc) is 3.07. The smallest absolute Gasteiger partial charge is 0.409 e. The van der Waals surface area contributed by atoms with Crippen LogP contribution in [0.1, 0.15) is 24.6 Å². The minimum absolute atomic E-state index is 0.185. The van der Waals surface area contributed by atoms with Gasteiger partial charge in [0, 0.05) is 11.9 Å². The van der Waals surface area contributed by atoms with Crippen molar-refractivity contribution in [1.29, 1.82) is 0 Å². The Bertz CT molecular complexity index is 642. The standard InChI is InChI=1S/C13H15N5O2S/c14-12-17-9(7-21-12)10-2-1-5-18(10)11-4-3-8(6-15-11)16-13(19)20/h3-4,6-7,10,16H,1-2,5H2,(H2,14,17)(H,19,20)/t10-/m1/s1. The zero-order valence-electron chi connectivity index (χ0n) is 11.2. The highest BCUT2D eigenvalue weighted by molar-refractivity contribution is 7.13. The van der Waals surface area contributed by atoms with Crippen LogP contribution in [0.25, 0.3) is 0 Å². The van der Waals surface area contributed by atoms with Crippen molar-refractivity contribution >= 4 is 34.1 Å². The zero-order chi connectivity index (χ0) is 14.8. The van der Waals surface area contributed by atoms with Crippen LogP contribution in [0.4, 0.5) is 21.4 Å². The van der Waals surface area contributed by atoms with Gasteiger partial charge in [0.2, 0.25) is 0 Å². The number of pyridine rings is 1. The fourth-order valence-electron chi connectivity index (χ4n) is 2.56. The summed E-state index contributed by atoms with van der Waals surface area (Å²) in [5.41, 5.74) is 7.14. The molecule has 0 aromatic carbocycles. The fourth-order valence-corrected chi connectivity index (χ4v) is 3.16. The SMILES string of the molecule is Nc1nc([C@H]2CCCN2c2ccc(NC(=O)O)cn2)cs1. The summed E-state index contributed by atoms with van der Waals surface area (Å²) in [6.45, 7) is 0.904. The maximum atomic E-state index is 10.6. The molecule has 4 N–H and O–H groups in total. The molecular weight excluding hydrogens is 290 g/mol. The molecule has 3 rings (SSSR count). The number of carboxylic acid groups (broad SMARTS) is 1. The lowest BCUT2D eigenvalue weighted by Gasteiger charge is -2.24. The predicted molar refractivity (Wildman–Crippen MR) is 81.7 cm³/mol. The molecule has 1 aliphatic heterocycles. The van der Waals surface area contributed by atoms with Gasteiger partial charge in [0.1, 0.15) is 5.82 Å². The van der Waals surface area contributed by atoms with Gasteiger partial charge < -0.3 is 15.7 Å². The van der Waals surface area contributed by atoms with Crippen molar-refractivity contribution in [2.24, 2.45) is 0 Å². The number of nitrogens with one attached hydrogen (secondary N) is 1. The molecule has 1 aliphatic rings. The monoisotopic (exact) mass is 305 g/mol. The summed E-state index contributed by atoms with van der Waals surface area (Å²) in [5, 5.41) is 13.5. The largest absolute Gasteiger partial charge is 0.465 e. The van der Waals surface area contributed by atoms with Crippen LogP contribution in [0.3, 0.4) is 0 Å². The van der Waals surface area contributed by atoms with E-state index in [1.807, 2.05) is 11.4 Å². The van der Waals surface area contributed by atoms with E-state index in [-0.39, 0.29) is 6.04 Å². The Morgan fingerprint density at radius 2 is 2.38 bits per heavy atom. The summed E-state index contributed by atoms with van der Waals surface area (Å²) in [7, 11) is 0. The third-order valence-corrected chi connectivity index (χ3v) is 4.12. The molecule has 0 radical (unpaired) electrons. The Kier molecular flexibility index (Phi) is 3.61. The molecule has 0 saturated carbocycles. The van der Waals surface area contributed by atoms with E-state index in [4.69, 9.17) is 10.8 Å². The molecule has 1 amide bonds. The zero-order valence-corrected chi connectivity index (χ0v) is 12.0. The number of nitrogens with zero attached hydrogens (tertiary/aromatic N) is 3. The van der Waals surface area contributed by atoms with E-state index < -0.39 is 6.09 Å². The van der Waals surface area contributed by atoms with Crippen LogP contribution in [0, 0.1) is 0 Å². The van der Waals surface area contributed by atoms with Gasteiger partial charge in [-0.2, -0.15) is 0 Å². The molecule has 0 unspecified atom stereocenters. The Labute approximate surface area is 125 Å². The first-order valence-electron chi connectivity index (χ1n) is 6.57. The van der Waals surface area contributed by atoms with E-state index in [0.29, 0.717) is 10.8 Å². The Morgan fingerprint density at radius 1 is 1.52 bits per heavy atom. The molecule has 7 nitrogen and oxygen atoms in total. The van der Waals surface area contributed by atoms with E-state index in [0.717, 1.165) is 30.9 Å².